The van der Waals surface area contributed by atoms with E-state index >= 15 is 0 Å². The number of urea groups is 1. The molecule has 0 spiro atoms. The number of hydrogen-bond acceptors (Lipinski definition) is 2. The number of alkyl halides is 3. The Balaban J connectivity index is 1.49. The second-order valence-corrected chi connectivity index (χ2v) is 6.70. The van der Waals surface area contributed by atoms with Gasteiger partial charge < -0.3 is 15.6 Å². The number of hydrogen-bond donors (Lipinski definition) is 3. The van der Waals surface area contributed by atoms with Crippen molar-refractivity contribution in [2.75, 3.05) is 10.6 Å². The number of aromatic nitrogens is 2. The Bertz CT molecular complexity index is 975. The summed E-state index contributed by atoms with van der Waals surface area (Å²) >= 11 is 0. The lowest BCUT2D eigenvalue weighted by atomic mass is 10.1. The molecule has 1 aliphatic carbocycles. The maximum absolute atomic E-state index is 12.6. The van der Waals surface area contributed by atoms with Gasteiger partial charge in [-0.05, 0) is 61.1 Å². The van der Waals surface area contributed by atoms with Crippen LogP contribution in [0.4, 0.5) is 29.3 Å². The largest absolute Gasteiger partial charge is 0.416 e. The number of rotatable bonds is 4. The lowest BCUT2D eigenvalue weighted by molar-refractivity contribution is -0.137. The molecule has 2 heterocycles. The number of halogens is 3. The van der Waals surface area contributed by atoms with Gasteiger partial charge in [0.05, 0.1) is 11.3 Å². The van der Waals surface area contributed by atoms with Gasteiger partial charge in [0.25, 0.3) is 0 Å². The van der Waals surface area contributed by atoms with Crippen molar-refractivity contribution in [3.05, 3.63) is 53.9 Å². The van der Waals surface area contributed by atoms with Crippen LogP contribution < -0.4 is 10.6 Å². The van der Waals surface area contributed by atoms with Crippen LogP contribution in [0.1, 0.15) is 24.0 Å². The molecule has 1 fully saturated rings. The Hall–Kier alpha value is -3.03. The Morgan fingerprint density at radius 3 is 2.56 bits per heavy atom. The quantitative estimate of drug-likeness (QED) is 0.589. The molecule has 0 bridgehead atoms. The molecule has 1 saturated carbocycles. The van der Waals surface area contributed by atoms with Gasteiger partial charge in [-0.1, -0.05) is 0 Å². The summed E-state index contributed by atoms with van der Waals surface area (Å²) in [7, 11) is 0. The molecule has 8 heteroatoms. The summed E-state index contributed by atoms with van der Waals surface area (Å²) in [5.74, 6) is 0.680. The standard InChI is InChI=1S/C19H17F3N4O/c20-19(21,22)13-3-5-14(6-4-13)25-18(27)26-15-10-24-17-16(15)12(7-8-23-17)9-11-1-2-11/h3-8,10-11H,1-2,9H2,(H,23,24)(H2,25,26,27). The Morgan fingerprint density at radius 2 is 1.89 bits per heavy atom. The van der Waals surface area contributed by atoms with E-state index in [9.17, 15) is 18.0 Å². The van der Waals surface area contributed by atoms with Gasteiger partial charge in [-0.25, -0.2) is 9.78 Å². The fourth-order valence-corrected chi connectivity index (χ4v) is 3.05. The average molecular weight is 374 g/mol. The summed E-state index contributed by atoms with van der Waals surface area (Å²) in [5, 5.41) is 6.16. The van der Waals surface area contributed by atoms with Crippen molar-refractivity contribution in [2.45, 2.75) is 25.4 Å². The van der Waals surface area contributed by atoms with E-state index in [0.717, 1.165) is 29.5 Å². The molecule has 140 valence electrons. The van der Waals surface area contributed by atoms with Gasteiger partial charge in [0.2, 0.25) is 0 Å². The highest BCUT2D eigenvalue weighted by molar-refractivity contribution is 6.06. The van der Waals surface area contributed by atoms with E-state index in [1.165, 1.54) is 25.0 Å². The normalized spacial score (nSPS) is 14.3. The lowest BCUT2D eigenvalue weighted by Gasteiger charge is -2.10. The van der Waals surface area contributed by atoms with Crippen molar-refractivity contribution < 1.29 is 18.0 Å². The van der Waals surface area contributed by atoms with Crippen LogP contribution in [0, 0.1) is 5.92 Å². The molecular weight excluding hydrogens is 357 g/mol. The Labute approximate surface area is 153 Å². The average Bonchev–Trinajstić information content (AvgIpc) is 3.34. The minimum absolute atomic E-state index is 0.275. The van der Waals surface area contributed by atoms with E-state index in [0.29, 0.717) is 17.3 Å². The summed E-state index contributed by atoms with van der Waals surface area (Å²) < 4.78 is 37.8. The predicted octanol–water partition coefficient (Wildman–Crippen LogP) is 5.18. The van der Waals surface area contributed by atoms with Crippen LogP contribution in [0.3, 0.4) is 0 Å². The zero-order valence-corrected chi connectivity index (χ0v) is 14.2. The van der Waals surface area contributed by atoms with Crippen molar-refractivity contribution in [2.24, 2.45) is 5.92 Å². The molecule has 5 nitrogen and oxygen atoms in total. The highest BCUT2D eigenvalue weighted by atomic mass is 19.4. The zero-order chi connectivity index (χ0) is 19.0. The fraction of sp³-hybridized carbons (Fsp3) is 0.263. The van der Waals surface area contributed by atoms with Gasteiger partial charge in [-0.3, -0.25) is 0 Å². The van der Waals surface area contributed by atoms with E-state index < -0.39 is 17.8 Å². The number of fused-ring (bicyclic) bond motifs is 1. The number of H-pyrrole nitrogens is 1. The van der Waals surface area contributed by atoms with Crippen LogP contribution in [-0.4, -0.2) is 16.0 Å². The third kappa shape index (κ3) is 3.89. The van der Waals surface area contributed by atoms with Crippen molar-refractivity contribution in [3.63, 3.8) is 0 Å². The maximum atomic E-state index is 12.6. The van der Waals surface area contributed by atoms with Crippen LogP contribution in [0.15, 0.2) is 42.7 Å². The maximum Gasteiger partial charge on any atom is 0.416 e. The van der Waals surface area contributed by atoms with Gasteiger partial charge in [-0.2, -0.15) is 13.2 Å². The minimum Gasteiger partial charge on any atom is -0.344 e. The number of pyridine rings is 1. The smallest absolute Gasteiger partial charge is 0.344 e. The number of carbonyl (C=O) groups excluding carboxylic acids is 1. The highest BCUT2D eigenvalue weighted by Gasteiger charge is 2.30. The number of benzene rings is 1. The number of nitrogens with one attached hydrogen (secondary N) is 3. The second-order valence-electron chi connectivity index (χ2n) is 6.70. The molecule has 1 aliphatic rings. The fourth-order valence-electron chi connectivity index (χ4n) is 3.05. The monoisotopic (exact) mass is 374 g/mol. The molecule has 3 aromatic rings. The Morgan fingerprint density at radius 1 is 1.15 bits per heavy atom. The molecule has 4 rings (SSSR count). The number of carbonyl (C=O) groups is 1. The van der Waals surface area contributed by atoms with Crippen molar-refractivity contribution in [3.8, 4) is 0 Å². The van der Waals surface area contributed by atoms with Crippen LogP contribution in [0.2, 0.25) is 0 Å². The van der Waals surface area contributed by atoms with E-state index in [2.05, 4.69) is 20.6 Å². The highest BCUT2D eigenvalue weighted by Crippen LogP contribution is 2.36. The van der Waals surface area contributed by atoms with Crippen LogP contribution in [-0.2, 0) is 12.6 Å². The number of amides is 2. The first-order valence-electron chi connectivity index (χ1n) is 8.60. The van der Waals surface area contributed by atoms with Crippen molar-refractivity contribution >= 4 is 28.4 Å². The second kappa shape index (κ2) is 6.61. The third-order valence-electron chi connectivity index (χ3n) is 4.58. The van der Waals surface area contributed by atoms with E-state index in [1.807, 2.05) is 6.07 Å². The van der Waals surface area contributed by atoms with Crippen molar-refractivity contribution in [1.29, 1.82) is 0 Å². The first-order chi connectivity index (χ1) is 12.9. The Kier molecular flexibility index (Phi) is 4.25. The topological polar surface area (TPSA) is 69.8 Å². The molecule has 2 aromatic heterocycles. The predicted molar refractivity (Wildman–Crippen MR) is 96.6 cm³/mol. The molecule has 0 saturated heterocycles. The van der Waals surface area contributed by atoms with Crippen LogP contribution in [0.25, 0.3) is 11.0 Å². The SMILES string of the molecule is O=C(Nc1ccc(C(F)(F)F)cc1)Nc1c[nH]c2nccc(CC3CC3)c12. The van der Waals surface area contributed by atoms with E-state index in [1.54, 1.807) is 12.4 Å². The van der Waals surface area contributed by atoms with Gasteiger partial charge in [0.15, 0.2) is 0 Å². The molecule has 0 atom stereocenters. The first-order valence-corrected chi connectivity index (χ1v) is 8.60. The van der Waals surface area contributed by atoms with Gasteiger partial charge in [0.1, 0.15) is 5.65 Å². The van der Waals surface area contributed by atoms with Gasteiger partial charge in [-0.15, -0.1) is 0 Å². The zero-order valence-electron chi connectivity index (χ0n) is 14.2. The molecule has 0 unspecified atom stereocenters. The molecule has 2 amide bonds. The van der Waals surface area contributed by atoms with Gasteiger partial charge in [0, 0.05) is 23.5 Å². The van der Waals surface area contributed by atoms with Crippen LogP contribution >= 0.6 is 0 Å². The summed E-state index contributed by atoms with van der Waals surface area (Å²) in [6.45, 7) is 0. The lowest BCUT2D eigenvalue weighted by Crippen LogP contribution is -2.19. The number of nitrogens with zero attached hydrogens (tertiary/aromatic N) is 1. The molecule has 27 heavy (non-hydrogen) atoms. The third-order valence-corrected chi connectivity index (χ3v) is 4.58. The van der Waals surface area contributed by atoms with Gasteiger partial charge >= 0.3 is 12.2 Å². The summed E-state index contributed by atoms with van der Waals surface area (Å²) in [6, 6.07) is 5.72. The summed E-state index contributed by atoms with van der Waals surface area (Å²) in [6.07, 6.45) is 2.36. The summed E-state index contributed by atoms with van der Waals surface area (Å²) in [5.41, 5.74) is 1.92. The van der Waals surface area contributed by atoms with Crippen molar-refractivity contribution in [1.82, 2.24) is 9.97 Å². The number of aromatic amines is 1. The number of anilines is 2. The molecular formula is C19H17F3N4O. The summed E-state index contributed by atoms with van der Waals surface area (Å²) in [4.78, 5) is 19.6. The molecule has 0 radical (unpaired) electrons. The first kappa shape index (κ1) is 17.4. The minimum atomic E-state index is -4.41. The molecule has 3 N–H and O–H groups in total. The van der Waals surface area contributed by atoms with E-state index in [-0.39, 0.29) is 5.69 Å². The van der Waals surface area contributed by atoms with Crippen LogP contribution in [0.5, 0.6) is 0 Å². The molecule has 1 aromatic carbocycles. The van der Waals surface area contributed by atoms with E-state index in [4.69, 9.17) is 0 Å². The molecule has 0 aliphatic heterocycles.